The minimum atomic E-state index is -0.00321. The lowest BCUT2D eigenvalue weighted by molar-refractivity contribution is 0.233. The molecule has 0 aliphatic carbocycles. The first-order valence-electron chi connectivity index (χ1n) is 8.48. The van der Waals surface area contributed by atoms with E-state index in [1.807, 2.05) is 13.8 Å². The van der Waals surface area contributed by atoms with E-state index in [9.17, 15) is 0 Å². The molecule has 0 bridgehead atoms. The van der Waals surface area contributed by atoms with Gasteiger partial charge in [-0.2, -0.15) is 0 Å². The Bertz CT molecular complexity index is 676. The molecule has 0 saturated carbocycles. The van der Waals surface area contributed by atoms with Gasteiger partial charge in [0.1, 0.15) is 29.0 Å². The average molecular weight is 348 g/mol. The summed E-state index contributed by atoms with van der Waals surface area (Å²) >= 11 is 6.19. The number of nitrogens with one attached hydrogen (secondary N) is 1. The fourth-order valence-electron chi connectivity index (χ4n) is 2.46. The minimum absolute atomic E-state index is 0.00321. The van der Waals surface area contributed by atoms with E-state index in [1.165, 1.54) is 30.3 Å². The van der Waals surface area contributed by atoms with Gasteiger partial charge < -0.3 is 10.1 Å². The summed E-state index contributed by atoms with van der Waals surface area (Å²) in [5, 5.41) is 3.78. The first kappa shape index (κ1) is 18.5. The fourth-order valence-corrected chi connectivity index (χ4v) is 2.62. The molecule has 4 nitrogen and oxygen atoms in total. The number of anilines is 1. The van der Waals surface area contributed by atoms with Crippen molar-refractivity contribution in [3.05, 3.63) is 46.4 Å². The van der Waals surface area contributed by atoms with Gasteiger partial charge in [0.2, 0.25) is 0 Å². The van der Waals surface area contributed by atoms with Crippen LogP contribution in [-0.2, 0) is 6.42 Å². The molecule has 5 heteroatoms. The molecule has 130 valence electrons. The molecule has 1 unspecified atom stereocenters. The van der Waals surface area contributed by atoms with Crippen LogP contribution < -0.4 is 10.1 Å². The Kier molecular flexibility index (Phi) is 6.85. The highest BCUT2D eigenvalue weighted by Gasteiger charge is 2.10. The van der Waals surface area contributed by atoms with Crippen LogP contribution in [0.1, 0.15) is 43.5 Å². The molecule has 1 heterocycles. The van der Waals surface area contributed by atoms with Crippen LogP contribution >= 0.6 is 11.6 Å². The molecule has 0 spiro atoms. The topological polar surface area (TPSA) is 47.0 Å². The highest BCUT2D eigenvalue weighted by atomic mass is 35.5. The van der Waals surface area contributed by atoms with E-state index < -0.39 is 0 Å². The van der Waals surface area contributed by atoms with Crippen molar-refractivity contribution in [3.8, 4) is 5.75 Å². The summed E-state index contributed by atoms with van der Waals surface area (Å²) in [6, 6.07) is 6.44. The predicted octanol–water partition coefficient (Wildman–Crippen LogP) is 4.97. The third kappa shape index (κ3) is 5.10. The van der Waals surface area contributed by atoms with Crippen LogP contribution in [0.15, 0.2) is 24.5 Å². The van der Waals surface area contributed by atoms with E-state index in [0.29, 0.717) is 17.4 Å². The Hall–Kier alpha value is -1.81. The van der Waals surface area contributed by atoms with Crippen molar-refractivity contribution in [1.82, 2.24) is 9.97 Å². The zero-order valence-electron chi connectivity index (χ0n) is 14.9. The monoisotopic (exact) mass is 347 g/mol. The summed E-state index contributed by atoms with van der Waals surface area (Å²) in [6.07, 6.45) is 5.06. The number of rotatable bonds is 8. The molecule has 2 aromatic rings. The Labute approximate surface area is 149 Å². The number of aryl methyl sites for hydroxylation is 3. The van der Waals surface area contributed by atoms with Crippen LogP contribution in [0, 0.1) is 13.8 Å². The molecule has 0 amide bonds. The lowest BCUT2D eigenvalue weighted by Gasteiger charge is -2.18. The van der Waals surface area contributed by atoms with Gasteiger partial charge in [-0.15, -0.1) is 0 Å². The summed E-state index contributed by atoms with van der Waals surface area (Å²) in [6.45, 7) is 8.81. The van der Waals surface area contributed by atoms with Gasteiger partial charge in [0.15, 0.2) is 0 Å². The average Bonchev–Trinajstić information content (AvgIpc) is 2.56. The van der Waals surface area contributed by atoms with Gasteiger partial charge in [0.05, 0.1) is 12.2 Å². The van der Waals surface area contributed by atoms with E-state index in [2.05, 4.69) is 47.3 Å². The minimum Gasteiger partial charge on any atom is -0.489 e. The predicted molar refractivity (Wildman–Crippen MR) is 100 cm³/mol. The van der Waals surface area contributed by atoms with E-state index in [1.54, 1.807) is 0 Å². The largest absolute Gasteiger partial charge is 0.489 e. The number of ether oxygens (including phenoxy) is 1. The molecule has 1 N–H and O–H groups in total. The molecule has 2 rings (SSSR count). The second-order valence-electron chi connectivity index (χ2n) is 6.13. The Morgan fingerprint density at radius 1 is 1.25 bits per heavy atom. The molecule has 1 aromatic heterocycles. The fraction of sp³-hybridized carbons (Fsp3) is 0.474. The van der Waals surface area contributed by atoms with Crippen molar-refractivity contribution in [2.75, 3.05) is 11.9 Å². The molecule has 0 aliphatic heterocycles. The number of nitrogens with zero attached hydrogens (tertiary/aromatic N) is 2. The van der Waals surface area contributed by atoms with Gasteiger partial charge in [0, 0.05) is 0 Å². The maximum absolute atomic E-state index is 6.19. The summed E-state index contributed by atoms with van der Waals surface area (Å²) < 4.78 is 6.05. The molecule has 0 radical (unpaired) electrons. The van der Waals surface area contributed by atoms with Crippen molar-refractivity contribution in [1.29, 1.82) is 0 Å². The Morgan fingerprint density at radius 3 is 2.75 bits per heavy atom. The first-order chi connectivity index (χ1) is 11.5. The zero-order valence-corrected chi connectivity index (χ0v) is 15.7. The van der Waals surface area contributed by atoms with Crippen LogP contribution in [0.3, 0.4) is 0 Å². The first-order valence-corrected chi connectivity index (χ1v) is 8.86. The van der Waals surface area contributed by atoms with Gasteiger partial charge in [-0.25, -0.2) is 9.97 Å². The van der Waals surface area contributed by atoms with Crippen molar-refractivity contribution < 1.29 is 4.74 Å². The quantitative estimate of drug-likeness (QED) is 0.732. The molecular formula is C19H26ClN3O. The van der Waals surface area contributed by atoms with Crippen LogP contribution in [-0.4, -0.2) is 22.6 Å². The third-order valence-corrected chi connectivity index (χ3v) is 4.36. The van der Waals surface area contributed by atoms with Crippen molar-refractivity contribution in [3.63, 3.8) is 0 Å². The lowest BCUT2D eigenvalue weighted by atomic mass is 10.1. The smallest absolute Gasteiger partial charge is 0.148 e. The van der Waals surface area contributed by atoms with Crippen molar-refractivity contribution in [2.24, 2.45) is 0 Å². The number of hydrogen-bond donors (Lipinski definition) is 1. The molecule has 24 heavy (non-hydrogen) atoms. The number of aromatic nitrogens is 2. The summed E-state index contributed by atoms with van der Waals surface area (Å²) in [7, 11) is 0. The number of halogens is 1. The SMILES string of the molecule is CCCCc1ccc(OC(C)CNc2ncnc(C)c2Cl)c(C)c1. The van der Waals surface area contributed by atoms with E-state index in [4.69, 9.17) is 16.3 Å². The maximum atomic E-state index is 6.19. The number of hydrogen-bond acceptors (Lipinski definition) is 4. The highest BCUT2D eigenvalue weighted by molar-refractivity contribution is 6.33. The van der Waals surface area contributed by atoms with Crippen LogP contribution in [0.5, 0.6) is 5.75 Å². The van der Waals surface area contributed by atoms with E-state index in [-0.39, 0.29) is 6.10 Å². The highest BCUT2D eigenvalue weighted by Crippen LogP contribution is 2.23. The molecule has 1 aromatic carbocycles. The normalized spacial score (nSPS) is 12.0. The zero-order chi connectivity index (χ0) is 17.5. The summed E-state index contributed by atoms with van der Waals surface area (Å²) in [5.41, 5.74) is 3.31. The Balaban J connectivity index is 1.92. The van der Waals surface area contributed by atoms with Gasteiger partial charge in [-0.1, -0.05) is 37.1 Å². The van der Waals surface area contributed by atoms with Gasteiger partial charge in [-0.3, -0.25) is 0 Å². The van der Waals surface area contributed by atoms with Crippen LogP contribution in [0.2, 0.25) is 5.02 Å². The molecule has 1 atom stereocenters. The second kappa shape index (κ2) is 8.88. The Morgan fingerprint density at radius 2 is 2.04 bits per heavy atom. The van der Waals surface area contributed by atoms with E-state index >= 15 is 0 Å². The molecule has 0 fully saturated rings. The number of benzene rings is 1. The third-order valence-electron chi connectivity index (χ3n) is 3.91. The maximum Gasteiger partial charge on any atom is 0.148 e. The standard InChI is InChI=1S/C19H26ClN3O/c1-5-6-7-16-8-9-17(13(2)10-16)24-14(3)11-21-19-18(20)15(4)22-12-23-19/h8-10,12,14H,5-7,11H2,1-4H3,(H,21,22,23). The number of unbranched alkanes of at least 4 members (excludes halogenated alkanes) is 1. The van der Waals surface area contributed by atoms with E-state index in [0.717, 1.165) is 17.9 Å². The van der Waals surface area contributed by atoms with Crippen LogP contribution in [0.25, 0.3) is 0 Å². The van der Waals surface area contributed by atoms with Gasteiger partial charge in [0.25, 0.3) is 0 Å². The lowest BCUT2D eigenvalue weighted by Crippen LogP contribution is -2.23. The van der Waals surface area contributed by atoms with Crippen LogP contribution in [0.4, 0.5) is 5.82 Å². The summed E-state index contributed by atoms with van der Waals surface area (Å²) in [4.78, 5) is 8.23. The summed E-state index contributed by atoms with van der Waals surface area (Å²) in [5.74, 6) is 1.57. The second-order valence-corrected chi connectivity index (χ2v) is 6.51. The van der Waals surface area contributed by atoms with Crippen molar-refractivity contribution in [2.45, 2.75) is 53.1 Å². The molecule has 0 saturated heterocycles. The molecular weight excluding hydrogens is 322 g/mol. The van der Waals surface area contributed by atoms with Gasteiger partial charge in [-0.05, 0) is 50.8 Å². The van der Waals surface area contributed by atoms with Gasteiger partial charge >= 0.3 is 0 Å². The van der Waals surface area contributed by atoms with Crippen molar-refractivity contribution >= 4 is 17.4 Å². The molecule has 0 aliphatic rings.